The van der Waals surface area contributed by atoms with Gasteiger partial charge in [-0.15, -0.1) is 5.10 Å². The maximum absolute atomic E-state index is 4.27. The van der Waals surface area contributed by atoms with Gasteiger partial charge < -0.3 is 10.6 Å². The molecule has 0 spiro atoms. The molecule has 0 saturated carbocycles. The predicted octanol–water partition coefficient (Wildman–Crippen LogP) is 2.17. The maximum atomic E-state index is 4.27. The van der Waals surface area contributed by atoms with Crippen LogP contribution in [-0.2, 0) is 13.0 Å². The maximum Gasteiger partial charge on any atom is 0.153 e. The van der Waals surface area contributed by atoms with Crippen molar-refractivity contribution in [3.63, 3.8) is 0 Å². The zero-order valence-electron chi connectivity index (χ0n) is 10.4. The van der Waals surface area contributed by atoms with Crippen LogP contribution < -0.4 is 10.6 Å². The van der Waals surface area contributed by atoms with Crippen LogP contribution in [0.15, 0.2) is 30.3 Å². The molecule has 92 valence electrons. The normalized spacial score (nSPS) is 14.1. The van der Waals surface area contributed by atoms with E-state index < -0.39 is 0 Å². The summed E-state index contributed by atoms with van der Waals surface area (Å²) in [5.74, 6) is 0.824. The summed E-state index contributed by atoms with van der Waals surface area (Å²) >= 11 is 0. The van der Waals surface area contributed by atoms with E-state index in [0.717, 1.165) is 36.7 Å². The van der Waals surface area contributed by atoms with Gasteiger partial charge in [0.05, 0.1) is 5.69 Å². The molecule has 4 nitrogen and oxygen atoms in total. The highest BCUT2D eigenvalue weighted by atomic mass is 15.2. The van der Waals surface area contributed by atoms with Crippen molar-refractivity contribution in [2.24, 2.45) is 0 Å². The first-order valence-corrected chi connectivity index (χ1v) is 6.22. The van der Waals surface area contributed by atoms with E-state index in [1.807, 2.05) is 12.1 Å². The third-order valence-corrected chi connectivity index (χ3v) is 3.23. The first-order valence-electron chi connectivity index (χ1n) is 6.22. The summed E-state index contributed by atoms with van der Waals surface area (Å²) in [7, 11) is 0. The fraction of sp³-hybridized carbons (Fsp3) is 0.286. The van der Waals surface area contributed by atoms with Gasteiger partial charge in [-0.25, -0.2) is 0 Å². The molecule has 1 aliphatic rings. The summed E-state index contributed by atoms with van der Waals surface area (Å²) in [6.45, 7) is 3.92. The molecule has 0 amide bonds. The molecule has 0 unspecified atom stereocenters. The monoisotopic (exact) mass is 240 g/mol. The number of rotatable bonds is 2. The van der Waals surface area contributed by atoms with Crippen LogP contribution in [0.3, 0.4) is 0 Å². The number of para-hydroxylation sites is 1. The summed E-state index contributed by atoms with van der Waals surface area (Å²) in [5.41, 5.74) is 4.65. The first-order chi connectivity index (χ1) is 8.83. The number of fused-ring (bicyclic) bond motifs is 1. The number of aryl methyl sites for hydroxylation is 1. The number of anilines is 2. The second-order valence-electron chi connectivity index (χ2n) is 4.57. The standard InChI is InChI=1S/C14H16N4/c1-10-4-2-3-5-12(10)16-14-8-11-6-7-15-9-13(11)17-18-14/h2-5,8,15H,6-7,9H2,1H3,(H,16,18). The van der Waals surface area contributed by atoms with E-state index in [4.69, 9.17) is 0 Å². The molecule has 1 aromatic heterocycles. The smallest absolute Gasteiger partial charge is 0.153 e. The third kappa shape index (κ3) is 2.19. The van der Waals surface area contributed by atoms with Gasteiger partial charge in [-0.1, -0.05) is 18.2 Å². The molecule has 0 radical (unpaired) electrons. The quantitative estimate of drug-likeness (QED) is 0.844. The number of benzene rings is 1. The number of aromatic nitrogens is 2. The number of hydrogen-bond donors (Lipinski definition) is 2. The van der Waals surface area contributed by atoms with Crippen molar-refractivity contribution in [3.05, 3.63) is 47.2 Å². The van der Waals surface area contributed by atoms with Crippen LogP contribution in [0.5, 0.6) is 0 Å². The molecule has 0 bridgehead atoms. The number of nitrogens with one attached hydrogen (secondary N) is 2. The van der Waals surface area contributed by atoms with Gasteiger partial charge in [0.2, 0.25) is 0 Å². The van der Waals surface area contributed by atoms with Gasteiger partial charge in [-0.3, -0.25) is 0 Å². The molecule has 0 atom stereocenters. The molecule has 3 rings (SSSR count). The Hall–Kier alpha value is -1.94. The SMILES string of the molecule is Cc1ccccc1Nc1cc2c(nn1)CNCC2. The van der Waals surface area contributed by atoms with Crippen LogP contribution in [0.2, 0.25) is 0 Å². The van der Waals surface area contributed by atoms with Gasteiger partial charge in [0.15, 0.2) is 5.82 Å². The largest absolute Gasteiger partial charge is 0.339 e. The van der Waals surface area contributed by atoms with Crippen LogP contribution in [0, 0.1) is 6.92 Å². The van der Waals surface area contributed by atoms with E-state index in [9.17, 15) is 0 Å². The highest BCUT2D eigenvalue weighted by Crippen LogP contribution is 2.20. The summed E-state index contributed by atoms with van der Waals surface area (Å²) in [4.78, 5) is 0. The molecule has 2 N–H and O–H groups in total. The van der Waals surface area contributed by atoms with E-state index in [-0.39, 0.29) is 0 Å². The van der Waals surface area contributed by atoms with Crippen LogP contribution >= 0.6 is 0 Å². The van der Waals surface area contributed by atoms with Crippen molar-refractivity contribution in [2.45, 2.75) is 19.9 Å². The molecule has 1 aliphatic heterocycles. The van der Waals surface area contributed by atoms with Gasteiger partial charge in [-0.2, -0.15) is 5.10 Å². The minimum atomic E-state index is 0.824. The number of hydrogen-bond acceptors (Lipinski definition) is 4. The second kappa shape index (κ2) is 4.74. The Bertz CT molecular complexity index is 565. The van der Waals surface area contributed by atoms with Crippen LogP contribution in [0.4, 0.5) is 11.5 Å². The van der Waals surface area contributed by atoms with Gasteiger partial charge in [0.1, 0.15) is 0 Å². The van der Waals surface area contributed by atoms with Crippen molar-refractivity contribution in [1.29, 1.82) is 0 Å². The Morgan fingerprint density at radius 2 is 2.11 bits per heavy atom. The Kier molecular flexibility index (Phi) is 2.94. The Morgan fingerprint density at radius 3 is 3.00 bits per heavy atom. The summed E-state index contributed by atoms with van der Waals surface area (Å²) < 4.78 is 0. The zero-order chi connectivity index (χ0) is 12.4. The van der Waals surface area contributed by atoms with Crippen LogP contribution in [-0.4, -0.2) is 16.7 Å². The fourth-order valence-corrected chi connectivity index (χ4v) is 2.16. The third-order valence-electron chi connectivity index (χ3n) is 3.23. The molecule has 0 aliphatic carbocycles. The lowest BCUT2D eigenvalue weighted by Crippen LogP contribution is -2.25. The second-order valence-corrected chi connectivity index (χ2v) is 4.57. The van der Waals surface area contributed by atoms with Gasteiger partial charge in [0, 0.05) is 12.2 Å². The van der Waals surface area contributed by atoms with E-state index in [2.05, 4.69) is 46.0 Å². The van der Waals surface area contributed by atoms with E-state index in [0.29, 0.717) is 0 Å². The molecule has 1 aromatic carbocycles. The molecular weight excluding hydrogens is 224 g/mol. The van der Waals surface area contributed by atoms with E-state index in [1.165, 1.54) is 11.1 Å². The highest BCUT2D eigenvalue weighted by Gasteiger charge is 2.11. The minimum absolute atomic E-state index is 0.824. The Morgan fingerprint density at radius 1 is 1.22 bits per heavy atom. The van der Waals surface area contributed by atoms with Gasteiger partial charge >= 0.3 is 0 Å². The van der Waals surface area contributed by atoms with Gasteiger partial charge in [0.25, 0.3) is 0 Å². The number of nitrogens with zero attached hydrogens (tertiary/aromatic N) is 2. The molecule has 4 heteroatoms. The van der Waals surface area contributed by atoms with E-state index in [1.54, 1.807) is 0 Å². The lowest BCUT2D eigenvalue weighted by molar-refractivity contribution is 0.617. The molecule has 0 fully saturated rings. The molecular formula is C14H16N4. The summed E-state index contributed by atoms with van der Waals surface area (Å²) in [6, 6.07) is 10.3. The fourth-order valence-electron chi connectivity index (χ4n) is 2.16. The Balaban J connectivity index is 1.87. The van der Waals surface area contributed by atoms with Crippen molar-refractivity contribution in [2.75, 3.05) is 11.9 Å². The lowest BCUT2D eigenvalue weighted by Gasteiger charge is -2.16. The zero-order valence-corrected chi connectivity index (χ0v) is 10.4. The average molecular weight is 240 g/mol. The van der Waals surface area contributed by atoms with Crippen molar-refractivity contribution in [3.8, 4) is 0 Å². The van der Waals surface area contributed by atoms with Gasteiger partial charge in [-0.05, 0) is 43.1 Å². The van der Waals surface area contributed by atoms with E-state index >= 15 is 0 Å². The summed E-state index contributed by atoms with van der Waals surface area (Å²) in [5, 5.41) is 15.1. The molecule has 2 heterocycles. The lowest BCUT2D eigenvalue weighted by atomic mass is 10.1. The van der Waals surface area contributed by atoms with Crippen molar-refractivity contribution >= 4 is 11.5 Å². The molecule has 0 saturated heterocycles. The first kappa shape index (κ1) is 11.2. The van der Waals surface area contributed by atoms with Crippen molar-refractivity contribution in [1.82, 2.24) is 15.5 Å². The van der Waals surface area contributed by atoms with Crippen molar-refractivity contribution < 1.29 is 0 Å². The topological polar surface area (TPSA) is 49.8 Å². The summed E-state index contributed by atoms with van der Waals surface area (Å²) in [6.07, 6.45) is 1.02. The Labute approximate surface area is 106 Å². The average Bonchev–Trinajstić information content (AvgIpc) is 2.41. The molecule has 18 heavy (non-hydrogen) atoms. The minimum Gasteiger partial charge on any atom is -0.339 e. The van der Waals surface area contributed by atoms with Crippen LogP contribution in [0.25, 0.3) is 0 Å². The highest BCUT2D eigenvalue weighted by molar-refractivity contribution is 5.60. The van der Waals surface area contributed by atoms with Crippen LogP contribution in [0.1, 0.15) is 16.8 Å². The predicted molar refractivity (Wildman–Crippen MR) is 71.9 cm³/mol. The molecule has 2 aromatic rings.